The maximum absolute atomic E-state index is 11.1. The number of nitrogens with one attached hydrogen (secondary N) is 1. The number of rotatable bonds is 5. The lowest BCUT2D eigenvalue weighted by Gasteiger charge is -1.96. The maximum atomic E-state index is 11.1. The Morgan fingerprint density at radius 2 is 2.56 bits per heavy atom. The SMILES string of the molecule is [N-]=[N+]=NCC(=O)NCc1nc(-c2cccs2)no1. The minimum absolute atomic E-state index is 0.109. The molecule has 0 spiro atoms. The summed E-state index contributed by atoms with van der Waals surface area (Å²) in [6, 6.07) is 3.76. The average Bonchev–Trinajstić information content (AvgIpc) is 3.03. The van der Waals surface area contributed by atoms with Crippen molar-refractivity contribution < 1.29 is 9.32 Å². The quantitative estimate of drug-likeness (QED) is 0.502. The number of azide groups is 1. The fourth-order valence-electron chi connectivity index (χ4n) is 1.16. The Hall–Kier alpha value is -2.38. The van der Waals surface area contributed by atoms with Crippen LogP contribution in [0.25, 0.3) is 21.1 Å². The van der Waals surface area contributed by atoms with Gasteiger partial charge in [-0.05, 0) is 17.0 Å². The van der Waals surface area contributed by atoms with Crippen LogP contribution in [-0.2, 0) is 11.3 Å². The monoisotopic (exact) mass is 264 g/mol. The molecule has 8 nitrogen and oxygen atoms in total. The van der Waals surface area contributed by atoms with Crippen molar-refractivity contribution in [2.75, 3.05) is 6.54 Å². The number of aromatic nitrogens is 2. The molecular formula is C9H8N6O2S. The molecule has 2 aromatic heterocycles. The van der Waals surface area contributed by atoms with E-state index in [0.717, 1.165) is 4.88 Å². The number of thiophene rings is 1. The van der Waals surface area contributed by atoms with Gasteiger partial charge in [0, 0.05) is 4.91 Å². The van der Waals surface area contributed by atoms with Gasteiger partial charge in [-0.25, -0.2) is 0 Å². The van der Waals surface area contributed by atoms with E-state index in [-0.39, 0.29) is 13.1 Å². The van der Waals surface area contributed by atoms with Crippen molar-refractivity contribution in [3.63, 3.8) is 0 Å². The van der Waals surface area contributed by atoms with E-state index in [1.165, 1.54) is 11.3 Å². The van der Waals surface area contributed by atoms with Gasteiger partial charge in [-0.15, -0.1) is 11.3 Å². The lowest BCUT2D eigenvalue weighted by molar-refractivity contribution is -0.119. The number of carbonyl (C=O) groups excluding carboxylic acids is 1. The van der Waals surface area contributed by atoms with Crippen LogP contribution in [0, 0.1) is 0 Å². The van der Waals surface area contributed by atoms with Crippen LogP contribution in [0.15, 0.2) is 27.2 Å². The highest BCUT2D eigenvalue weighted by molar-refractivity contribution is 7.13. The summed E-state index contributed by atoms with van der Waals surface area (Å²) in [5, 5.41) is 11.3. The van der Waals surface area contributed by atoms with E-state index in [9.17, 15) is 4.79 Å². The minimum atomic E-state index is -0.399. The lowest BCUT2D eigenvalue weighted by Crippen LogP contribution is -2.24. The number of amides is 1. The predicted octanol–water partition coefficient (Wildman–Crippen LogP) is 1.72. The van der Waals surface area contributed by atoms with E-state index in [0.29, 0.717) is 11.7 Å². The molecule has 0 unspecified atom stereocenters. The zero-order valence-corrected chi connectivity index (χ0v) is 9.92. The molecule has 0 bridgehead atoms. The molecule has 92 valence electrons. The van der Waals surface area contributed by atoms with E-state index in [1.807, 2.05) is 17.5 Å². The summed E-state index contributed by atoms with van der Waals surface area (Å²) in [5.41, 5.74) is 8.05. The van der Waals surface area contributed by atoms with Gasteiger partial charge >= 0.3 is 0 Å². The Labute approximate surface area is 105 Å². The van der Waals surface area contributed by atoms with Crippen molar-refractivity contribution in [2.24, 2.45) is 5.11 Å². The van der Waals surface area contributed by atoms with Gasteiger partial charge in [0.2, 0.25) is 17.6 Å². The number of carbonyl (C=O) groups is 1. The van der Waals surface area contributed by atoms with Gasteiger partial charge < -0.3 is 9.84 Å². The Morgan fingerprint density at radius 1 is 1.67 bits per heavy atom. The summed E-state index contributed by atoms with van der Waals surface area (Å²) in [6.07, 6.45) is 0. The van der Waals surface area contributed by atoms with Crippen LogP contribution in [0.1, 0.15) is 5.89 Å². The molecule has 0 saturated heterocycles. The number of hydrogen-bond acceptors (Lipinski definition) is 6. The molecule has 9 heteroatoms. The van der Waals surface area contributed by atoms with Crippen LogP contribution in [0.4, 0.5) is 0 Å². The van der Waals surface area contributed by atoms with Gasteiger partial charge in [-0.3, -0.25) is 4.79 Å². The van der Waals surface area contributed by atoms with Gasteiger partial charge in [0.1, 0.15) is 6.54 Å². The smallest absolute Gasteiger partial charge is 0.246 e. The third-order valence-electron chi connectivity index (χ3n) is 1.92. The highest BCUT2D eigenvalue weighted by Gasteiger charge is 2.09. The standard InChI is InChI=1S/C9H8N6O2S/c10-15-12-4-7(16)11-5-8-13-9(14-17-8)6-2-1-3-18-6/h1-3H,4-5H2,(H,11,16). The Morgan fingerprint density at radius 3 is 3.28 bits per heavy atom. The second kappa shape index (κ2) is 5.80. The van der Waals surface area contributed by atoms with Crippen molar-refractivity contribution in [3.05, 3.63) is 33.8 Å². The van der Waals surface area contributed by atoms with E-state index >= 15 is 0 Å². The fraction of sp³-hybridized carbons (Fsp3) is 0.222. The first-order chi connectivity index (χ1) is 8.79. The van der Waals surface area contributed by atoms with Crippen LogP contribution in [0.5, 0.6) is 0 Å². The normalized spacial score (nSPS) is 9.78. The van der Waals surface area contributed by atoms with Crippen LogP contribution >= 0.6 is 11.3 Å². The van der Waals surface area contributed by atoms with Gasteiger partial charge in [0.05, 0.1) is 11.4 Å². The van der Waals surface area contributed by atoms with Crippen molar-refractivity contribution >= 4 is 17.2 Å². The Kier molecular flexibility index (Phi) is 3.90. The first-order valence-electron chi connectivity index (χ1n) is 4.93. The number of nitrogens with zero attached hydrogens (tertiary/aromatic N) is 5. The zero-order chi connectivity index (χ0) is 12.8. The average molecular weight is 264 g/mol. The van der Waals surface area contributed by atoms with Gasteiger partial charge in [0.25, 0.3) is 0 Å². The van der Waals surface area contributed by atoms with E-state index in [4.69, 9.17) is 10.1 Å². The van der Waals surface area contributed by atoms with Gasteiger partial charge in [-0.1, -0.05) is 16.3 Å². The molecule has 18 heavy (non-hydrogen) atoms. The summed E-state index contributed by atoms with van der Waals surface area (Å²) in [6.45, 7) is -0.138. The van der Waals surface area contributed by atoms with E-state index in [1.54, 1.807) is 0 Å². The summed E-state index contributed by atoms with van der Waals surface area (Å²) in [5.74, 6) is 0.389. The molecule has 0 aromatic carbocycles. The third kappa shape index (κ3) is 3.06. The molecular weight excluding hydrogens is 256 g/mol. The molecule has 2 heterocycles. The molecule has 0 aliphatic heterocycles. The second-order valence-electron chi connectivity index (χ2n) is 3.15. The van der Waals surface area contributed by atoms with Gasteiger partial charge in [0.15, 0.2) is 0 Å². The molecule has 2 aromatic rings. The van der Waals surface area contributed by atoms with Crippen LogP contribution < -0.4 is 5.32 Å². The second-order valence-corrected chi connectivity index (χ2v) is 4.10. The van der Waals surface area contributed by atoms with Crippen LogP contribution in [0.3, 0.4) is 0 Å². The van der Waals surface area contributed by atoms with Crippen molar-refractivity contribution in [1.29, 1.82) is 0 Å². The lowest BCUT2D eigenvalue weighted by atomic mass is 10.4. The first kappa shape index (κ1) is 12.1. The molecule has 1 amide bonds. The van der Waals surface area contributed by atoms with Crippen molar-refractivity contribution in [1.82, 2.24) is 15.5 Å². The zero-order valence-electron chi connectivity index (χ0n) is 9.11. The summed E-state index contributed by atoms with van der Waals surface area (Å²) in [4.78, 5) is 18.6. The van der Waals surface area contributed by atoms with Crippen molar-refractivity contribution in [3.8, 4) is 10.7 Å². The topological polar surface area (TPSA) is 117 Å². The molecule has 0 atom stereocenters. The van der Waals surface area contributed by atoms with Crippen LogP contribution in [-0.4, -0.2) is 22.6 Å². The van der Waals surface area contributed by atoms with Crippen LogP contribution in [0.2, 0.25) is 0 Å². The summed E-state index contributed by atoms with van der Waals surface area (Å²) < 4.78 is 4.97. The summed E-state index contributed by atoms with van der Waals surface area (Å²) >= 11 is 1.50. The molecule has 0 aliphatic rings. The maximum Gasteiger partial charge on any atom is 0.246 e. The predicted molar refractivity (Wildman–Crippen MR) is 63.5 cm³/mol. The van der Waals surface area contributed by atoms with Gasteiger partial charge in [-0.2, -0.15) is 4.98 Å². The molecule has 2 rings (SSSR count). The Bertz CT molecular complexity index is 572. The fourth-order valence-corrected chi connectivity index (χ4v) is 1.81. The third-order valence-corrected chi connectivity index (χ3v) is 2.79. The van der Waals surface area contributed by atoms with Crippen molar-refractivity contribution in [2.45, 2.75) is 6.54 Å². The molecule has 0 saturated carbocycles. The summed E-state index contributed by atoms with van der Waals surface area (Å²) in [7, 11) is 0. The van der Waals surface area contributed by atoms with E-state index in [2.05, 4.69) is 25.5 Å². The number of hydrogen-bond donors (Lipinski definition) is 1. The van der Waals surface area contributed by atoms with E-state index < -0.39 is 5.91 Å². The molecule has 0 aliphatic carbocycles. The largest absolute Gasteiger partial charge is 0.347 e. The molecule has 0 radical (unpaired) electrons. The first-order valence-corrected chi connectivity index (χ1v) is 5.81. The Balaban J connectivity index is 1.91. The highest BCUT2D eigenvalue weighted by atomic mass is 32.1. The minimum Gasteiger partial charge on any atom is -0.347 e. The molecule has 0 fully saturated rings. The highest BCUT2D eigenvalue weighted by Crippen LogP contribution is 2.20. The molecule has 1 N–H and O–H groups in total.